The molecule has 0 aliphatic heterocycles. The first-order chi connectivity index (χ1) is 7.25. The molecule has 1 aromatic carbocycles. The summed E-state index contributed by atoms with van der Waals surface area (Å²) in [7, 11) is 0. The standard InChI is InChI=1S/C11H15FN2S/c1-2-7-15-8-6-14-10-5-3-4-9(12)11(10)13/h2-5,14H,1,6-8,13H2. The zero-order valence-corrected chi connectivity index (χ0v) is 9.32. The molecule has 1 rings (SSSR count). The zero-order valence-electron chi connectivity index (χ0n) is 8.50. The van der Waals surface area contributed by atoms with Gasteiger partial charge in [0, 0.05) is 18.1 Å². The number of para-hydroxylation sites is 1. The maximum absolute atomic E-state index is 13.0. The summed E-state index contributed by atoms with van der Waals surface area (Å²) in [6.45, 7) is 4.40. The molecular formula is C11H15FN2S. The number of thioether (sulfide) groups is 1. The lowest BCUT2D eigenvalue weighted by atomic mass is 10.2. The van der Waals surface area contributed by atoms with Crippen LogP contribution in [-0.2, 0) is 0 Å². The van der Waals surface area contributed by atoms with Crippen LogP contribution in [0, 0.1) is 5.82 Å². The quantitative estimate of drug-likeness (QED) is 0.445. The third-order valence-corrected chi connectivity index (χ3v) is 2.81. The van der Waals surface area contributed by atoms with E-state index in [2.05, 4.69) is 11.9 Å². The third-order valence-electron chi connectivity index (χ3n) is 1.85. The van der Waals surface area contributed by atoms with Crippen LogP contribution in [-0.4, -0.2) is 18.1 Å². The lowest BCUT2D eigenvalue weighted by Crippen LogP contribution is -2.07. The van der Waals surface area contributed by atoms with Crippen LogP contribution in [0.1, 0.15) is 0 Å². The molecule has 0 aliphatic carbocycles. The largest absolute Gasteiger partial charge is 0.395 e. The van der Waals surface area contributed by atoms with Gasteiger partial charge >= 0.3 is 0 Å². The van der Waals surface area contributed by atoms with E-state index < -0.39 is 0 Å². The van der Waals surface area contributed by atoms with Crippen molar-refractivity contribution in [2.45, 2.75) is 0 Å². The van der Waals surface area contributed by atoms with Crippen molar-refractivity contribution in [3.05, 3.63) is 36.7 Å². The van der Waals surface area contributed by atoms with Crippen LogP contribution in [0.15, 0.2) is 30.9 Å². The Morgan fingerprint density at radius 3 is 3.07 bits per heavy atom. The summed E-state index contributed by atoms with van der Waals surface area (Å²) in [5.74, 6) is 1.50. The minimum absolute atomic E-state index is 0.186. The molecule has 2 nitrogen and oxygen atoms in total. The number of halogens is 1. The van der Waals surface area contributed by atoms with E-state index in [0.29, 0.717) is 5.69 Å². The number of benzene rings is 1. The molecule has 0 radical (unpaired) electrons. The van der Waals surface area contributed by atoms with Gasteiger partial charge in [-0.2, -0.15) is 11.8 Å². The topological polar surface area (TPSA) is 38.0 Å². The second kappa shape index (κ2) is 6.35. The van der Waals surface area contributed by atoms with Crippen molar-refractivity contribution in [3.63, 3.8) is 0 Å². The van der Waals surface area contributed by atoms with Crippen molar-refractivity contribution in [2.24, 2.45) is 0 Å². The van der Waals surface area contributed by atoms with Crippen molar-refractivity contribution in [1.82, 2.24) is 0 Å². The molecule has 0 atom stereocenters. The fourth-order valence-electron chi connectivity index (χ4n) is 1.12. The van der Waals surface area contributed by atoms with E-state index in [1.165, 1.54) is 6.07 Å². The molecule has 0 amide bonds. The molecule has 82 valence electrons. The van der Waals surface area contributed by atoms with Crippen molar-refractivity contribution in [3.8, 4) is 0 Å². The first-order valence-corrected chi connectivity index (χ1v) is 5.87. The maximum Gasteiger partial charge on any atom is 0.148 e. The van der Waals surface area contributed by atoms with Crippen LogP contribution in [0.25, 0.3) is 0 Å². The van der Waals surface area contributed by atoms with Gasteiger partial charge in [0.05, 0.1) is 11.4 Å². The van der Waals surface area contributed by atoms with Crippen molar-refractivity contribution >= 4 is 23.1 Å². The average molecular weight is 226 g/mol. The summed E-state index contributed by atoms with van der Waals surface area (Å²) in [4.78, 5) is 0. The normalized spacial score (nSPS) is 9.93. The number of hydrogen-bond acceptors (Lipinski definition) is 3. The molecule has 0 bridgehead atoms. The fourth-order valence-corrected chi connectivity index (χ4v) is 1.70. The number of nitrogen functional groups attached to an aromatic ring is 1. The number of nitrogens with two attached hydrogens (primary N) is 1. The summed E-state index contributed by atoms with van der Waals surface area (Å²) >= 11 is 1.77. The van der Waals surface area contributed by atoms with E-state index in [0.717, 1.165) is 18.1 Å². The van der Waals surface area contributed by atoms with E-state index >= 15 is 0 Å². The molecule has 3 N–H and O–H groups in total. The Labute approximate surface area is 93.7 Å². The predicted octanol–water partition coefficient (Wildman–Crippen LogP) is 2.74. The van der Waals surface area contributed by atoms with Gasteiger partial charge in [-0.05, 0) is 12.1 Å². The second-order valence-corrected chi connectivity index (χ2v) is 4.14. The minimum Gasteiger partial charge on any atom is -0.395 e. The lowest BCUT2D eigenvalue weighted by molar-refractivity contribution is 0.633. The van der Waals surface area contributed by atoms with Gasteiger partial charge in [-0.15, -0.1) is 6.58 Å². The molecule has 4 heteroatoms. The Bertz CT molecular complexity index is 328. The summed E-state index contributed by atoms with van der Waals surface area (Å²) in [5, 5.41) is 3.09. The van der Waals surface area contributed by atoms with Gasteiger partial charge in [0.2, 0.25) is 0 Å². The molecule has 0 spiro atoms. The molecule has 1 aromatic rings. The van der Waals surface area contributed by atoms with E-state index in [9.17, 15) is 4.39 Å². The van der Waals surface area contributed by atoms with Crippen molar-refractivity contribution in [1.29, 1.82) is 0 Å². The van der Waals surface area contributed by atoms with Crippen LogP contribution in [0.2, 0.25) is 0 Å². The van der Waals surface area contributed by atoms with Crippen LogP contribution < -0.4 is 11.1 Å². The molecule has 0 saturated heterocycles. The monoisotopic (exact) mass is 226 g/mol. The summed E-state index contributed by atoms with van der Waals surface area (Å²) in [5.41, 5.74) is 6.41. The van der Waals surface area contributed by atoms with Gasteiger partial charge in [-0.1, -0.05) is 12.1 Å². The Hall–Kier alpha value is -1.16. The molecular weight excluding hydrogens is 211 g/mol. The highest BCUT2D eigenvalue weighted by atomic mass is 32.2. The highest BCUT2D eigenvalue weighted by Crippen LogP contribution is 2.20. The van der Waals surface area contributed by atoms with Gasteiger partial charge in [-0.25, -0.2) is 4.39 Å². The number of rotatable bonds is 6. The van der Waals surface area contributed by atoms with Crippen molar-refractivity contribution in [2.75, 3.05) is 29.1 Å². The van der Waals surface area contributed by atoms with Crippen LogP contribution in [0.5, 0.6) is 0 Å². The average Bonchev–Trinajstić information content (AvgIpc) is 2.24. The molecule has 0 aliphatic rings. The highest BCUT2D eigenvalue weighted by molar-refractivity contribution is 7.99. The van der Waals surface area contributed by atoms with Crippen LogP contribution in [0.4, 0.5) is 15.8 Å². The number of hydrogen-bond donors (Lipinski definition) is 2. The zero-order chi connectivity index (χ0) is 11.1. The Kier molecular flexibility index (Phi) is 5.04. The van der Waals surface area contributed by atoms with Crippen LogP contribution in [0.3, 0.4) is 0 Å². The van der Waals surface area contributed by atoms with Gasteiger partial charge in [-0.3, -0.25) is 0 Å². The van der Waals surface area contributed by atoms with E-state index in [1.54, 1.807) is 23.9 Å². The first kappa shape index (κ1) is 11.9. The summed E-state index contributed by atoms with van der Waals surface area (Å²) in [6, 6.07) is 4.77. The maximum atomic E-state index is 13.0. The van der Waals surface area contributed by atoms with Gasteiger partial charge in [0.25, 0.3) is 0 Å². The van der Waals surface area contributed by atoms with Crippen molar-refractivity contribution < 1.29 is 4.39 Å². The molecule has 0 aromatic heterocycles. The van der Waals surface area contributed by atoms with Gasteiger partial charge in [0.1, 0.15) is 5.82 Å². The Morgan fingerprint density at radius 2 is 2.33 bits per heavy atom. The molecule has 0 heterocycles. The Balaban J connectivity index is 2.37. The van der Waals surface area contributed by atoms with E-state index in [-0.39, 0.29) is 11.5 Å². The van der Waals surface area contributed by atoms with E-state index in [1.807, 2.05) is 6.08 Å². The fraction of sp³-hybridized carbons (Fsp3) is 0.273. The SMILES string of the molecule is C=CCSCCNc1cccc(F)c1N. The first-order valence-electron chi connectivity index (χ1n) is 4.72. The van der Waals surface area contributed by atoms with Gasteiger partial charge < -0.3 is 11.1 Å². The van der Waals surface area contributed by atoms with Crippen LogP contribution >= 0.6 is 11.8 Å². The highest BCUT2D eigenvalue weighted by Gasteiger charge is 2.02. The van der Waals surface area contributed by atoms with E-state index in [4.69, 9.17) is 5.73 Å². The lowest BCUT2D eigenvalue weighted by Gasteiger charge is -2.08. The molecule has 15 heavy (non-hydrogen) atoms. The minimum atomic E-state index is -0.376. The smallest absolute Gasteiger partial charge is 0.148 e. The predicted molar refractivity (Wildman–Crippen MR) is 66.8 cm³/mol. The summed E-state index contributed by atoms with van der Waals surface area (Å²) < 4.78 is 13.0. The molecule has 0 unspecified atom stereocenters. The number of anilines is 2. The molecule has 0 saturated carbocycles. The third kappa shape index (κ3) is 3.83. The Morgan fingerprint density at radius 1 is 1.53 bits per heavy atom. The van der Waals surface area contributed by atoms with Gasteiger partial charge in [0.15, 0.2) is 0 Å². The second-order valence-electron chi connectivity index (χ2n) is 2.99. The molecule has 0 fully saturated rings. The number of nitrogens with one attached hydrogen (secondary N) is 1. The summed E-state index contributed by atoms with van der Waals surface area (Å²) in [6.07, 6.45) is 1.86.